The van der Waals surface area contributed by atoms with Gasteiger partial charge in [-0.25, -0.2) is 0 Å². The molecule has 4 heteroatoms. The first kappa shape index (κ1) is 14.3. The Morgan fingerprint density at radius 1 is 0.950 bits per heavy atom. The van der Waals surface area contributed by atoms with Gasteiger partial charge in [0.15, 0.2) is 0 Å². The molecule has 0 atom stereocenters. The zero-order valence-electron chi connectivity index (χ0n) is 11.6. The average Bonchev–Trinajstić information content (AvgIpc) is 2.52. The van der Waals surface area contributed by atoms with Gasteiger partial charge in [0.1, 0.15) is 16.5 Å². The molecule has 20 heavy (non-hydrogen) atoms. The highest BCUT2D eigenvalue weighted by molar-refractivity contribution is 7.80. The van der Waals surface area contributed by atoms with Crippen molar-refractivity contribution in [1.29, 1.82) is 0 Å². The Kier molecular flexibility index (Phi) is 4.96. The van der Waals surface area contributed by atoms with Crippen LogP contribution in [0.1, 0.15) is 11.1 Å². The van der Waals surface area contributed by atoms with Crippen LogP contribution in [0.4, 0.5) is 0 Å². The van der Waals surface area contributed by atoms with E-state index in [1.807, 2.05) is 48.5 Å². The quantitative estimate of drug-likeness (QED) is 0.856. The topological polar surface area (TPSA) is 30.5 Å². The summed E-state index contributed by atoms with van der Waals surface area (Å²) >= 11 is 5.42. The predicted octanol–water partition coefficient (Wildman–Crippen LogP) is 3.17. The van der Waals surface area contributed by atoms with Crippen molar-refractivity contribution in [2.45, 2.75) is 6.54 Å². The highest BCUT2D eigenvalue weighted by Crippen LogP contribution is 2.19. The molecule has 0 aliphatic carbocycles. The molecule has 0 spiro atoms. The van der Waals surface area contributed by atoms with Crippen LogP contribution in [0.3, 0.4) is 0 Å². The second-order valence-electron chi connectivity index (χ2n) is 4.19. The number of methoxy groups -OCH3 is 2. The third-order valence-electron chi connectivity index (χ3n) is 2.98. The molecule has 0 fully saturated rings. The first-order valence-electron chi connectivity index (χ1n) is 6.29. The van der Waals surface area contributed by atoms with Crippen molar-refractivity contribution in [3.8, 4) is 11.5 Å². The van der Waals surface area contributed by atoms with Gasteiger partial charge in [0.2, 0.25) is 0 Å². The molecule has 0 amide bonds. The Morgan fingerprint density at radius 3 is 2.25 bits per heavy atom. The first-order valence-corrected chi connectivity index (χ1v) is 6.70. The van der Waals surface area contributed by atoms with Crippen LogP contribution in [0, 0.1) is 0 Å². The fourth-order valence-electron chi connectivity index (χ4n) is 1.95. The lowest BCUT2D eigenvalue weighted by atomic mass is 10.1. The van der Waals surface area contributed by atoms with Gasteiger partial charge in [0.05, 0.1) is 19.8 Å². The number of para-hydroxylation sites is 2. The van der Waals surface area contributed by atoms with Crippen LogP contribution < -0.4 is 14.8 Å². The van der Waals surface area contributed by atoms with Crippen molar-refractivity contribution in [1.82, 2.24) is 5.32 Å². The second kappa shape index (κ2) is 6.91. The minimum Gasteiger partial charge on any atom is -0.496 e. The molecule has 2 aromatic rings. The molecule has 0 aromatic heterocycles. The summed E-state index contributed by atoms with van der Waals surface area (Å²) in [7, 11) is 3.30. The molecule has 0 saturated carbocycles. The lowest BCUT2D eigenvalue weighted by Crippen LogP contribution is -2.22. The van der Waals surface area contributed by atoms with Crippen molar-refractivity contribution in [3.05, 3.63) is 59.7 Å². The number of ether oxygens (including phenoxy) is 2. The van der Waals surface area contributed by atoms with E-state index in [4.69, 9.17) is 21.7 Å². The normalized spacial score (nSPS) is 9.90. The molecule has 2 rings (SSSR count). The van der Waals surface area contributed by atoms with Crippen LogP contribution >= 0.6 is 12.2 Å². The molecule has 0 aliphatic rings. The monoisotopic (exact) mass is 287 g/mol. The van der Waals surface area contributed by atoms with Gasteiger partial charge in [-0.2, -0.15) is 0 Å². The molecule has 0 saturated heterocycles. The average molecular weight is 287 g/mol. The molecule has 0 aliphatic heterocycles. The number of thiocarbonyl (C=S) groups is 1. The molecular formula is C16H17NO2S. The Morgan fingerprint density at radius 2 is 1.55 bits per heavy atom. The molecule has 0 bridgehead atoms. The largest absolute Gasteiger partial charge is 0.496 e. The summed E-state index contributed by atoms with van der Waals surface area (Å²) in [5.74, 6) is 1.62. The third-order valence-corrected chi connectivity index (χ3v) is 3.35. The highest BCUT2D eigenvalue weighted by Gasteiger charge is 2.08. The number of benzene rings is 2. The number of hydrogen-bond donors (Lipinski definition) is 1. The Hall–Kier alpha value is -2.07. The van der Waals surface area contributed by atoms with Gasteiger partial charge >= 0.3 is 0 Å². The molecule has 0 radical (unpaired) electrons. The summed E-state index contributed by atoms with van der Waals surface area (Å²) in [6, 6.07) is 15.6. The summed E-state index contributed by atoms with van der Waals surface area (Å²) in [4.78, 5) is 0.661. The maximum atomic E-state index is 5.42. The van der Waals surface area contributed by atoms with E-state index in [0.717, 1.165) is 22.6 Å². The van der Waals surface area contributed by atoms with E-state index in [1.54, 1.807) is 14.2 Å². The maximum absolute atomic E-state index is 5.42. The van der Waals surface area contributed by atoms with E-state index in [-0.39, 0.29) is 0 Å². The molecule has 0 heterocycles. The van der Waals surface area contributed by atoms with Crippen molar-refractivity contribution >= 4 is 17.2 Å². The number of nitrogens with one attached hydrogen (secondary N) is 1. The van der Waals surface area contributed by atoms with Crippen LogP contribution in [0.2, 0.25) is 0 Å². The van der Waals surface area contributed by atoms with Crippen LogP contribution in [0.5, 0.6) is 11.5 Å². The lowest BCUT2D eigenvalue weighted by Gasteiger charge is -2.13. The number of hydrogen-bond acceptors (Lipinski definition) is 3. The molecule has 104 valence electrons. The first-order chi connectivity index (χ1) is 9.76. The molecule has 0 unspecified atom stereocenters. The summed E-state index contributed by atoms with van der Waals surface area (Å²) in [6.45, 7) is 0.612. The van der Waals surface area contributed by atoms with Crippen LogP contribution in [-0.2, 0) is 6.54 Å². The van der Waals surface area contributed by atoms with Crippen molar-refractivity contribution in [2.75, 3.05) is 14.2 Å². The highest BCUT2D eigenvalue weighted by atomic mass is 32.1. The van der Waals surface area contributed by atoms with Crippen molar-refractivity contribution in [2.24, 2.45) is 0 Å². The van der Waals surface area contributed by atoms with E-state index in [9.17, 15) is 0 Å². The van der Waals surface area contributed by atoms with Gasteiger partial charge in [-0.1, -0.05) is 42.5 Å². The fourth-order valence-corrected chi connectivity index (χ4v) is 2.19. The van der Waals surface area contributed by atoms with Gasteiger partial charge in [-0.05, 0) is 18.2 Å². The molecular weight excluding hydrogens is 270 g/mol. The van der Waals surface area contributed by atoms with Gasteiger partial charge in [-0.3, -0.25) is 0 Å². The van der Waals surface area contributed by atoms with E-state index in [1.165, 1.54) is 0 Å². The van der Waals surface area contributed by atoms with E-state index < -0.39 is 0 Å². The zero-order chi connectivity index (χ0) is 14.4. The Bertz CT molecular complexity index is 599. The fraction of sp³-hybridized carbons (Fsp3) is 0.188. The summed E-state index contributed by atoms with van der Waals surface area (Å²) in [5, 5.41) is 3.24. The summed E-state index contributed by atoms with van der Waals surface area (Å²) < 4.78 is 10.6. The predicted molar refractivity (Wildman–Crippen MR) is 84.5 cm³/mol. The van der Waals surface area contributed by atoms with Gasteiger partial charge in [0.25, 0.3) is 0 Å². The van der Waals surface area contributed by atoms with Crippen molar-refractivity contribution < 1.29 is 9.47 Å². The van der Waals surface area contributed by atoms with Crippen LogP contribution in [-0.4, -0.2) is 19.2 Å². The van der Waals surface area contributed by atoms with Crippen molar-refractivity contribution in [3.63, 3.8) is 0 Å². The van der Waals surface area contributed by atoms with E-state index in [2.05, 4.69) is 5.32 Å². The molecule has 3 nitrogen and oxygen atoms in total. The van der Waals surface area contributed by atoms with E-state index >= 15 is 0 Å². The Labute approximate surface area is 124 Å². The standard InChI is InChI=1S/C16H17NO2S/c1-18-14-9-5-3-7-12(14)11-17-16(20)13-8-4-6-10-15(13)19-2/h3-10H,11H2,1-2H3,(H,17,20). The maximum Gasteiger partial charge on any atom is 0.129 e. The second-order valence-corrected chi connectivity index (χ2v) is 4.60. The van der Waals surface area contributed by atoms with Crippen LogP contribution in [0.25, 0.3) is 0 Å². The SMILES string of the molecule is COc1ccccc1CNC(=S)c1ccccc1OC. The van der Waals surface area contributed by atoms with Gasteiger partial charge in [-0.15, -0.1) is 0 Å². The minimum atomic E-state index is 0.612. The molecule has 1 N–H and O–H groups in total. The zero-order valence-corrected chi connectivity index (χ0v) is 12.4. The molecule has 2 aromatic carbocycles. The third kappa shape index (κ3) is 3.27. The summed E-state index contributed by atoms with van der Waals surface area (Å²) in [6.07, 6.45) is 0. The number of rotatable bonds is 5. The van der Waals surface area contributed by atoms with E-state index in [0.29, 0.717) is 11.5 Å². The van der Waals surface area contributed by atoms with Gasteiger partial charge in [0, 0.05) is 12.1 Å². The summed E-state index contributed by atoms with van der Waals surface area (Å²) in [5.41, 5.74) is 1.95. The minimum absolute atomic E-state index is 0.612. The van der Waals surface area contributed by atoms with Gasteiger partial charge < -0.3 is 14.8 Å². The lowest BCUT2D eigenvalue weighted by molar-refractivity contribution is 0.409. The van der Waals surface area contributed by atoms with Crippen LogP contribution in [0.15, 0.2) is 48.5 Å². The Balaban J connectivity index is 2.09. The smallest absolute Gasteiger partial charge is 0.129 e.